The molecule has 0 heterocycles. The van der Waals surface area contributed by atoms with Crippen LogP contribution < -0.4 is 5.73 Å². The maximum absolute atomic E-state index is 13.4. The zero-order valence-corrected chi connectivity index (χ0v) is 11.3. The van der Waals surface area contributed by atoms with Gasteiger partial charge >= 0.3 is 0 Å². The summed E-state index contributed by atoms with van der Waals surface area (Å²) in [5.41, 5.74) is 6.53. The Morgan fingerprint density at radius 3 is 2.63 bits per heavy atom. The van der Waals surface area contributed by atoms with Gasteiger partial charge in [0.05, 0.1) is 12.7 Å². The van der Waals surface area contributed by atoms with Crippen LogP contribution in [0.15, 0.2) is 18.2 Å². The minimum atomic E-state index is -0.372. The van der Waals surface area contributed by atoms with E-state index in [1.807, 2.05) is 0 Å². The Bertz CT molecular complexity index is 453. The number of benzene rings is 1. The first-order chi connectivity index (χ1) is 9.04. The van der Waals surface area contributed by atoms with Gasteiger partial charge in [-0.3, -0.25) is 5.41 Å². The van der Waals surface area contributed by atoms with Crippen LogP contribution in [0, 0.1) is 17.1 Å². The van der Waals surface area contributed by atoms with Crippen LogP contribution in [0.3, 0.4) is 0 Å². The fraction of sp³-hybridized carbons (Fsp3) is 0.533. The van der Waals surface area contributed by atoms with Crippen molar-refractivity contribution >= 4 is 5.84 Å². The summed E-state index contributed by atoms with van der Waals surface area (Å²) in [5, 5.41) is 7.35. The molecular weight excluding hydrogens is 243 g/mol. The summed E-state index contributed by atoms with van der Waals surface area (Å²) in [7, 11) is 0. The van der Waals surface area contributed by atoms with E-state index in [1.165, 1.54) is 25.0 Å². The highest BCUT2D eigenvalue weighted by molar-refractivity contribution is 5.95. The van der Waals surface area contributed by atoms with E-state index >= 15 is 0 Å². The number of nitrogens with two attached hydrogens (primary N) is 1. The van der Waals surface area contributed by atoms with Crippen molar-refractivity contribution in [1.82, 2.24) is 0 Å². The number of rotatable bonds is 4. The fourth-order valence-corrected chi connectivity index (χ4v) is 2.50. The van der Waals surface area contributed by atoms with Crippen LogP contribution in [-0.2, 0) is 11.3 Å². The van der Waals surface area contributed by atoms with Crippen LogP contribution in [0.5, 0.6) is 0 Å². The average molecular weight is 264 g/mol. The van der Waals surface area contributed by atoms with Gasteiger partial charge in [0.25, 0.3) is 0 Å². The van der Waals surface area contributed by atoms with Crippen LogP contribution in [0.1, 0.15) is 43.7 Å². The second-order valence-corrected chi connectivity index (χ2v) is 5.45. The van der Waals surface area contributed by atoms with Gasteiger partial charge in [0.15, 0.2) is 0 Å². The molecule has 0 spiro atoms. The molecule has 3 nitrogen and oxygen atoms in total. The second kappa shape index (κ2) is 6.15. The molecule has 0 aromatic heterocycles. The Morgan fingerprint density at radius 2 is 2.00 bits per heavy atom. The summed E-state index contributed by atoms with van der Waals surface area (Å²) < 4.78 is 19.2. The van der Waals surface area contributed by atoms with E-state index in [4.69, 9.17) is 15.9 Å². The molecule has 1 aromatic rings. The standard InChI is InChI=1S/C15H21FN2O/c1-10-2-4-14(5-3-10)19-9-11-6-12(15(17)18)8-13(16)7-11/h6-8,10,14H,2-5,9H2,1H3,(H3,17,18). The van der Waals surface area contributed by atoms with Crippen molar-refractivity contribution in [1.29, 1.82) is 5.41 Å². The van der Waals surface area contributed by atoms with Crippen LogP contribution in [0.25, 0.3) is 0 Å². The van der Waals surface area contributed by atoms with Gasteiger partial charge < -0.3 is 10.5 Å². The minimum absolute atomic E-state index is 0.118. The minimum Gasteiger partial charge on any atom is -0.384 e. The van der Waals surface area contributed by atoms with E-state index in [0.717, 1.165) is 24.3 Å². The number of nitrogens with one attached hydrogen (secondary N) is 1. The first-order valence-corrected chi connectivity index (χ1v) is 6.80. The first-order valence-electron chi connectivity index (χ1n) is 6.80. The van der Waals surface area contributed by atoms with Crippen molar-refractivity contribution in [2.24, 2.45) is 11.7 Å². The van der Waals surface area contributed by atoms with Gasteiger partial charge in [-0.2, -0.15) is 0 Å². The van der Waals surface area contributed by atoms with Gasteiger partial charge in [-0.15, -0.1) is 0 Å². The van der Waals surface area contributed by atoms with E-state index in [9.17, 15) is 4.39 Å². The summed E-state index contributed by atoms with van der Waals surface area (Å²) in [5.74, 6) is 0.300. The van der Waals surface area contributed by atoms with Crippen molar-refractivity contribution in [2.45, 2.75) is 45.3 Å². The normalized spacial score (nSPS) is 23.3. The first kappa shape index (κ1) is 14.0. The van der Waals surface area contributed by atoms with Crippen molar-refractivity contribution in [2.75, 3.05) is 0 Å². The molecule has 19 heavy (non-hydrogen) atoms. The van der Waals surface area contributed by atoms with E-state index in [0.29, 0.717) is 12.2 Å². The Morgan fingerprint density at radius 1 is 1.32 bits per heavy atom. The molecule has 1 aliphatic carbocycles. The zero-order valence-electron chi connectivity index (χ0n) is 11.3. The van der Waals surface area contributed by atoms with E-state index in [2.05, 4.69) is 6.92 Å². The molecule has 0 aliphatic heterocycles. The maximum atomic E-state index is 13.4. The van der Waals surface area contributed by atoms with Crippen molar-refractivity contribution in [3.8, 4) is 0 Å². The third-order valence-electron chi connectivity index (χ3n) is 3.72. The molecule has 0 radical (unpaired) electrons. The van der Waals surface area contributed by atoms with Gasteiger partial charge in [-0.05, 0) is 55.4 Å². The molecule has 0 amide bonds. The molecule has 4 heteroatoms. The molecule has 1 aliphatic rings. The second-order valence-electron chi connectivity index (χ2n) is 5.45. The highest BCUT2D eigenvalue weighted by Gasteiger charge is 2.18. The number of ether oxygens (including phenoxy) is 1. The van der Waals surface area contributed by atoms with Gasteiger partial charge in [0.1, 0.15) is 11.7 Å². The third-order valence-corrected chi connectivity index (χ3v) is 3.72. The molecule has 1 aromatic carbocycles. The lowest BCUT2D eigenvalue weighted by Gasteiger charge is -2.26. The number of hydrogen-bond donors (Lipinski definition) is 2. The molecule has 0 saturated heterocycles. The SMILES string of the molecule is CC1CCC(OCc2cc(F)cc(C(=N)N)c2)CC1. The molecule has 104 valence electrons. The predicted molar refractivity (Wildman–Crippen MR) is 73.6 cm³/mol. The lowest BCUT2D eigenvalue weighted by atomic mass is 9.89. The highest BCUT2D eigenvalue weighted by Crippen LogP contribution is 2.26. The number of hydrogen-bond acceptors (Lipinski definition) is 2. The van der Waals surface area contributed by atoms with Gasteiger partial charge in [0, 0.05) is 5.56 Å². The molecule has 0 atom stereocenters. The average Bonchev–Trinajstić information content (AvgIpc) is 2.37. The Hall–Kier alpha value is -1.42. The van der Waals surface area contributed by atoms with Gasteiger partial charge in [0.2, 0.25) is 0 Å². The quantitative estimate of drug-likeness (QED) is 0.648. The largest absolute Gasteiger partial charge is 0.384 e. The van der Waals surface area contributed by atoms with E-state index in [1.54, 1.807) is 6.07 Å². The Labute approximate surface area is 113 Å². The van der Waals surface area contributed by atoms with Crippen LogP contribution in [0.4, 0.5) is 4.39 Å². The lowest BCUT2D eigenvalue weighted by Crippen LogP contribution is -2.20. The fourth-order valence-electron chi connectivity index (χ4n) is 2.50. The molecule has 0 bridgehead atoms. The molecule has 1 saturated carbocycles. The summed E-state index contributed by atoms with van der Waals surface area (Å²) in [6, 6.07) is 4.43. The van der Waals surface area contributed by atoms with Crippen LogP contribution in [0.2, 0.25) is 0 Å². The van der Waals surface area contributed by atoms with Crippen molar-refractivity contribution < 1.29 is 9.13 Å². The van der Waals surface area contributed by atoms with Crippen LogP contribution in [-0.4, -0.2) is 11.9 Å². The van der Waals surface area contributed by atoms with Crippen LogP contribution >= 0.6 is 0 Å². The van der Waals surface area contributed by atoms with E-state index < -0.39 is 0 Å². The smallest absolute Gasteiger partial charge is 0.124 e. The molecular formula is C15H21FN2O. The summed E-state index contributed by atoms with van der Waals surface area (Å²) in [6.45, 7) is 2.65. The summed E-state index contributed by atoms with van der Waals surface area (Å²) in [4.78, 5) is 0. The maximum Gasteiger partial charge on any atom is 0.124 e. The molecule has 0 unspecified atom stereocenters. The highest BCUT2D eigenvalue weighted by atomic mass is 19.1. The topological polar surface area (TPSA) is 59.1 Å². The van der Waals surface area contributed by atoms with Gasteiger partial charge in [-0.1, -0.05) is 6.92 Å². The molecule has 3 N–H and O–H groups in total. The number of halogens is 1. The number of nitrogen functional groups attached to an aromatic ring is 1. The lowest BCUT2D eigenvalue weighted by molar-refractivity contribution is 0.00867. The zero-order chi connectivity index (χ0) is 13.8. The Kier molecular flexibility index (Phi) is 4.53. The third kappa shape index (κ3) is 4.03. The van der Waals surface area contributed by atoms with Crippen molar-refractivity contribution in [3.63, 3.8) is 0 Å². The summed E-state index contributed by atoms with van der Waals surface area (Å²) in [6.07, 6.45) is 4.84. The van der Waals surface area contributed by atoms with Crippen molar-refractivity contribution in [3.05, 3.63) is 35.1 Å². The predicted octanol–water partition coefficient (Wildman–Crippen LogP) is 3.21. The summed E-state index contributed by atoms with van der Waals surface area (Å²) >= 11 is 0. The number of amidine groups is 1. The molecule has 2 rings (SSSR count). The molecule has 1 fully saturated rings. The van der Waals surface area contributed by atoms with Gasteiger partial charge in [-0.25, -0.2) is 4.39 Å². The Balaban J connectivity index is 1.94. The van der Waals surface area contributed by atoms with E-state index in [-0.39, 0.29) is 17.8 Å². The monoisotopic (exact) mass is 264 g/mol.